The summed E-state index contributed by atoms with van der Waals surface area (Å²) in [7, 11) is 0. The molecule has 0 radical (unpaired) electrons. The highest BCUT2D eigenvalue weighted by Crippen LogP contribution is 2.42. The van der Waals surface area contributed by atoms with Crippen LogP contribution in [-0.2, 0) is 6.54 Å². The lowest BCUT2D eigenvalue weighted by molar-refractivity contribution is -0.0655. The summed E-state index contributed by atoms with van der Waals surface area (Å²) in [5, 5.41) is 10.2. The number of aliphatic hydroxyl groups is 1. The molecule has 3 atom stereocenters. The van der Waals surface area contributed by atoms with Crippen LogP contribution in [0.1, 0.15) is 41.0 Å². The third-order valence-electron chi connectivity index (χ3n) is 7.17. The van der Waals surface area contributed by atoms with Crippen molar-refractivity contribution in [2.45, 2.75) is 37.4 Å². The first-order chi connectivity index (χ1) is 16.3. The number of nitrogens with zero attached hydrogens (tertiary/aromatic N) is 3. The molecular weight excluding hydrogens is 406 g/mol. The van der Waals surface area contributed by atoms with Crippen LogP contribution < -0.4 is 0 Å². The average Bonchev–Trinajstić information content (AvgIpc) is 2.85. The van der Waals surface area contributed by atoms with Gasteiger partial charge >= 0.3 is 0 Å². The molecule has 0 spiro atoms. The Kier molecular flexibility index (Phi) is 6.96. The highest BCUT2D eigenvalue weighted by molar-refractivity contribution is 5.69. The first kappa shape index (κ1) is 22.0. The van der Waals surface area contributed by atoms with E-state index in [2.05, 4.69) is 81.5 Å². The van der Waals surface area contributed by atoms with Gasteiger partial charge in [0.05, 0.1) is 6.61 Å². The number of aliphatic hydroxyl groups excluding tert-OH is 1. The van der Waals surface area contributed by atoms with E-state index in [-0.39, 0.29) is 12.6 Å². The van der Waals surface area contributed by atoms with Crippen molar-refractivity contribution in [3.05, 3.63) is 101 Å². The predicted molar refractivity (Wildman–Crippen MR) is 135 cm³/mol. The summed E-state index contributed by atoms with van der Waals surface area (Å²) >= 11 is 0. The monoisotopic (exact) mass is 439 g/mol. The molecule has 0 unspecified atom stereocenters. The van der Waals surface area contributed by atoms with Gasteiger partial charge in [-0.25, -0.2) is 0 Å². The van der Waals surface area contributed by atoms with Crippen LogP contribution in [0.15, 0.2) is 79.1 Å². The van der Waals surface area contributed by atoms with Crippen molar-refractivity contribution < 1.29 is 5.11 Å². The molecule has 4 heteroatoms. The lowest BCUT2D eigenvalue weighted by Crippen LogP contribution is -2.67. The van der Waals surface area contributed by atoms with Gasteiger partial charge < -0.3 is 5.11 Å². The molecule has 2 aliphatic rings. The minimum Gasteiger partial charge on any atom is -0.395 e. The summed E-state index contributed by atoms with van der Waals surface area (Å²) in [4.78, 5) is 9.41. The molecule has 4 nitrogen and oxygen atoms in total. The normalized spacial score (nSPS) is 24.1. The number of benzene rings is 2. The van der Waals surface area contributed by atoms with Gasteiger partial charge in [-0.05, 0) is 54.3 Å². The van der Waals surface area contributed by atoms with Crippen LogP contribution in [0.2, 0.25) is 0 Å². The molecule has 2 saturated heterocycles. The molecule has 0 saturated carbocycles. The van der Waals surface area contributed by atoms with E-state index in [0.29, 0.717) is 12.0 Å². The molecule has 0 aliphatic carbocycles. The summed E-state index contributed by atoms with van der Waals surface area (Å²) in [6, 6.07) is 24.2. The highest BCUT2D eigenvalue weighted by Gasteiger charge is 2.48. The van der Waals surface area contributed by atoms with Crippen LogP contribution in [-0.4, -0.2) is 58.2 Å². The van der Waals surface area contributed by atoms with E-state index in [0.717, 1.165) is 26.2 Å². The quantitative estimate of drug-likeness (QED) is 0.566. The molecule has 5 rings (SSSR count). The van der Waals surface area contributed by atoms with Crippen LogP contribution in [0.3, 0.4) is 0 Å². The third kappa shape index (κ3) is 5.09. The molecule has 2 aromatic carbocycles. The van der Waals surface area contributed by atoms with Crippen molar-refractivity contribution in [3.63, 3.8) is 0 Å². The maximum absolute atomic E-state index is 10.2. The maximum Gasteiger partial charge on any atom is 0.0593 e. The largest absolute Gasteiger partial charge is 0.395 e. The van der Waals surface area contributed by atoms with E-state index in [4.69, 9.17) is 0 Å². The van der Waals surface area contributed by atoms with Gasteiger partial charge in [-0.2, -0.15) is 0 Å². The molecule has 170 valence electrons. The van der Waals surface area contributed by atoms with Crippen LogP contribution in [0.4, 0.5) is 0 Å². The molecule has 3 heterocycles. The SMILES string of the molecule is OC[C@@H]1[C@H](c2ccc(/C=C/c3ccccc3)cc2)[C@@H]2CN(Cc3cccnc3)CCCCN12. The molecule has 3 aromatic rings. The second-order valence-corrected chi connectivity index (χ2v) is 9.30. The minimum absolute atomic E-state index is 0.221. The van der Waals surface area contributed by atoms with Crippen LogP contribution in [0, 0.1) is 0 Å². The Bertz CT molecular complexity index is 1040. The lowest BCUT2D eigenvalue weighted by Gasteiger charge is -2.57. The zero-order valence-corrected chi connectivity index (χ0v) is 19.1. The first-order valence-electron chi connectivity index (χ1n) is 12.1. The summed E-state index contributed by atoms with van der Waals surface area (Å²) < 4.78 is 0. The third-order valence-corrected chi connectivity index (χ3v) is 7.17. The van der Waals surface area contributed by atoms with Crippen molar-refractivity contribution in [3.8, 4) is 0 Å². The van der Waals surface area contributed by atoms with Gasteiger partial charge in [0.15, 0.2) is 0 Å². The second-order valence-electron chi connectivity index (χ2n) is 9.30. The molecule has 1 aromatic heterocycles. The summed E-state index contributed by atoms with van der Waals surface area (Å²) in [6.07, 6.45) is 10.5. The number of rotatable bonds is 6. The fourth-order valence-corrected chi connectivity index (χ4v) is 5.49. The smallest absolute Gasteiger partial charge is 0.0593 e. The van der Waals surface area contributed by atoms with E-state index < -0.39 is 0 Å². The van der Waals surface area contributed by atoms with E-state index in [9.17, 15) is 5.11 Å². The summed E-state index contributed by atoms with van der Waals surface area (Å²) in [5.74, 6) is 0.372. The molecule has 33 heavy (non-hydrogen) atoms. The van der Waals surface area contributed by atoms with Crippen molar-refractivity contribution in [2.75, 3.05) is 26.2 Å². The van der Waals surface area contributed by atoms with Gasteiger partial charge in [-0.1, -0.05) is 72.8 Å². The Balaban J connectivity index is 1.31. The van der Waals surface area contributed by atoms with E-state index >= 15 is 0 Å². The number of aromatic nitrogens is 1. The Morgan fingerprint density at radius 3 is 2.36 bits per heavy atom. The van der Waals surface area contributed by atoms with Crippen LogP contribution in [0.5, 0.6) is 0 Å². The maximum atomic E-state index is 10.2. The van der Waals surface area contributed by atoms with Crippen molar-refractivity contribution in [1.29, 1.82) is 0 Å². The van der Waals surface area contributed by atoms with E-state index in [1.54, 1.807) is 0 Å². The van der Waals surface area contributed by atoms with Crippen LogP contribution in [0.25, 0.3) is 12.2 Å². The molecule has 2 aliphatic heterocycles. The Morgan fingerprint density at radius 2 is 1.64 bits per heavy atom. The standard InChI is InChI=1S/C29H33N3O/c33-22-28-29(26-14-12-24(13-15-26)11-10-23-7-2-1-3-8-23)27-21-31(17-4-5-18-32(27)28)20-25-9-6-16-30-19-25/h1-3,6-16,19,27-29,33H,4-5,17-18,20-22H2/b11-10+/t27-,28+,29+/m0/s1. The number of hydrogen-bond donors (Lipinski definition) is 1. The van der Waals surface area contributed by atoms with Gasteiger partial charge in [-0.3, -0.25) is 14.8 Å². The van der Waals surface area contributed by atoms with E-state index in [1.165, 1.54) is 35.1 Å². The number of hydrogen-bond acceptors (Lipinski definition) is 4. The van der Waals surface area contributed by atoms with Gasteiger partial charge in [0.1, 0.15) is 0 Å². The second kappa shape index (κ2) is 10.4. The zero-order chi connectivity index (χ0) is 22.5. The van der Waals surface area contributed by atoms with Crippen LogP contribution >= 0.6 is 0 Å². The molecular formula is C29H33N3O. The minimum atomic E-state index is 0.221. The van der Waals surface area contributed by atoms with Crippen molar-refractivity contribution in [1.82, 2.24) is 14.8 Å². The van der Waals surface area contributed by atoms with E-state index in [1.807, 2.05) is 24.5 Å². The van der Waals surface area contributed by atoms with Gasteiger partial charge in [0.2, 0.25) is 0 Å². The number of fused-ring (bicyclic) bond motifs is 1. The zero-order valence-electron chi connectivity index (χ0n) is 19.1. The predicted octanol–water partition coefficient (Wildman–Crippen LogP) is 4.68. The van der Waals surface area contributed by atoms with Gasteiger partial charge in [0, 0.05) is 43.5 Å². The van der Waals surface area contributed by atoms with Gasteiger partial charge in [0.25, 0.3) is 0 Å². The Hall–Kier alpha value is -2.79. The molecule has 0 bridgehead atoms. The highest BCUT2D eigenvalue weighted by atomic mass is 16.3. The Morgan fingerprint density at radius 1 is 0.879 bits per heavy atom. The molecule has 0 amide bonds. The average molecular weight is 440 g/mol. The summed E-state index contributed by atoms with van der Waals surface area (Å²) in [6.45, 7) is 4.41. The molecule has 1 N–H and O–H groups in total. The first-order valence-corrected chi connectivity index (χ1v) is 12.1. The van der Waals surface area contributed by atoms with Gasteiger partial charge in [-0.15, -0.1) is 0 Å². The van der Waals surface area contributed by atoms with Crippen molar-refractivity contribution in [2.24, 2.45) is 0 Å². The molecule has 2 fully saturated rings. The fourth-order valence-electron chi connectivity index (χ4n) is 5.49. The number of pyridine rings is 1. The summed E-state index contributed by atoms with van der Waals surface area (Å²) in [5.41, 5.74) is 5.03. The lowest BCUT2D eigenvalue weighted by atomic mass is 9.74. The Labute approximate surface area is 197 Å². The topological polar surface area (TPSA) is 39.6 Å². The van der Waals surface area contributed by atoms with Crippen molar-refractivity contribution >= 4 is 12.2 Å². The fraction of sp³-hybridized carbons (Fsp3) is 0.345.